The number of halogens is 6. The Bertz CT molecular complexity index is 1010. The van der Waals surface area contributed by atoms with E-state index in [1.165, 1.54) is 18.2 Å². The van der Waals surface area contributed by atoms with Gasteiger partial charge in [-0.25, -0.2) is 13.9 Å². The molecule has 0 radical (unpaired) electrons. The Labute approximate surface area is 164 Å². The predicted octanol–water partition coefficient (Wildman–Crippen LogP) is 3.54. The Hall–Kier alpha value is -2.99. The molecule has 1 aromatic carbocycles. The van der Waals surface area contributed by atoms with Gasteiger partial charge in [0.25, 0.3) is 11.8 Å². The Kier molecular flexibility index (Phi) is 5.48. The number of carbonyl (C=O) groups is 3. The van der Waals surface area contributed by atoms with Crippen LogP contribution in [0, 0.1) is 0 Å². The Morgan fingerprint density at radius 2 is 1.67 bits per heavy atom. The van der Waals surface area contributed by atoms with E-state index in [1.807, 2.05) is 34.9 Å². The van der Waals surface area contributed by atoms with E-state index in [0.29, 0.717) is 6.54 Å². The van der Waals surface area contributed by atoms with Crippen LogP contribution >= 0.6 is 7.81 Å². The number of aryl methyl sites for hydroxylation is 1. The van der Waals surface area contributed by atoms with Gasteiger partial charge >= 0.3 is 39.0 Å². The monoisotopic (exact) mass is 461 g/mol. The average Bonchev–Trinajstić information content (AvgIpc) is 3.09. The van der Waals surface area contributed by atoms with E-state index in [9.17, 15) is 44.8 Å². The molecule has 0 unspecified atom stereocenters. The van der Waals surface area contributed by atoms with Gasteiger partial charge in [-0.3, -0.25) is 14.8 Å². The quantitative estimate of drug-likeness (QED) is 0.188. The Morgan fingerprint density at radius 3 is 2.20 bits per heavy atom. The van der Waals surface area contributed by atoms with Crippen molar-refractivity contribution >= 4 is 25.6 Å². The second-order valence-electron chi connectivity index (χ2n) is 6.09. The molecular weight excluding hydrogens is 447 g/mol. The molecule has 1 N–H and O–H groups in total. The zero-order valence-electron chi connectivity index (χ0n) is 15.0. The molecule has 0 atom stereocenters. The van der Waals surface area contributed by atoms with Crippen molar-refractivity contribution in [3.8, 4) is 0 Å². The maximum atomic E-state index is 12.0. The van der Waals surface area contributed by atoms with Crippen LogP contribution in [0.4, 0.5) is 25.2 Å². The first-order chi connectivity index (χ1) is 13.4. The number of ether oxygens (including phenoxy) is 1. The average molecular weight is 461 g/mol. The number of benzene rings is 1. The minimum atomic E-state index is -10.7. The summed E-state index contributed by atoms with van der Waals surface area (Å²) in [7, 11) is -8.77. The van der Waals surface area contributed by atoms with E-state index in [-0.39, 0.29) is 28.4 Å². The molecule has 0 saturated heterocycles. The topological polar surface area (TPSA) is 92.7 Å². The second-order valence-corrected chi connectivity index (χ2v) is 8.01. The summed E-state index contributed by atoms with van der Waals surface area (Å²) in [6.45, 7) is 0.670. The van der Waals surface area contributed by atoms with Crippen molar-refractivity contribution in [2.24, 2.45) is 7.05 Å². The molecule has 1 aliphatic heterocycles. The summed E-state index contributed by atoms with van der Waals surface area (Å²) in [6.07, 6.45) is 5.57. The number of aromatic nitrogens is 2. The normalized spacial score (nSPS) is 15.7. The first kappa shape index (κ1) is 23.3. The van der Waals surface area contributed by atoms with Crippen molar-refractivity contribution < 1.29 is 54.1 Å². The SMILES string of the molecule is C[n+]1ccn(CCOC(=O)c2ccc3c(c2)C(=O)N(O)C3=O)c1.F[P-](F)(F)(F)(F)F. The van der Waals surface area contributed by atoms with Gasteiger partial charge in [0.2, 0.25) is 6.33 Å². The molecule has 0 bridgehead atoms. The first-order valence-electron chi connectivity index (χ1n) is 7.88. The van der Waals surface area contributed by atoms with Gasteiger partial charge in [-0.05, 0) is 18.2 Å². The number of hydrogen-bond acceptors (Lipinski definition) is 5. The number of nitrogens with zero attached hydrogens (tertiary/aromatic N) is 3. The molecule has 0 fully saturated rings. The van der Waals surface area contributed by atoms with E-state index in [4.69, 9.17) is 4.74 Å². The molecule has 30 heavy (non-hydrogen) atoms. The van der Waals surface area contributed by atoms with Crippen LogP contribution in [-0.4, -0.2) is 39.2 Å². The van der Waals surface area contributed by atoms with E-state index in [1.54, 1.807) is 0 Å². The number of amides is 2. The van der Waals surface area contributed by atoms with Crippen LogP contribution in [0.2, 0.25) is 0 Å². The summed E-state index contributed by atoms with van der Waals surface area (Å²) in [4.78, 5) is 35.2. The zero-order valence-corrected chi connectivity index (χ0v) is 15.9. The number of imide groups is 1. The van der Waals surface area contributed by atoms with Crippen LogP contribution in [0.1, 0.15) is 31.1 Å². The molecule has 166 valence electrons. The molecule has 0 saturated carbocycles. The van der Waals surface area contributed by atoms with Gasteiger partial charge in [-0.1, -0.05) is 0 Å². The number of rotatable bonds is 4. The molecule has 2 amide bonds. The summed E-state index contributed by atoms with van der Waals surface area (Å²) >= 11 is 0. The molecule has 1 aliphatic rings. The van der Waals surface area contributed by atoms with Crippen LogP contribution in [0.25, 0.3) is 0 Å². The second kappa shape index (κ2) is 7.06. The van der Waals surface area contributed by atoms with E-state index in [0.717, 1.165) is 0 Å². The third kappa shape index (κ3) is 7.12. The maximum absolute atomic E-state index is 12.0. The van der Waals surface area contributed by atoms with E-state index in [2.05, 4.69) is 0 Å². The third-order valence-corrected chi connectivity index (χ3v) is 3.51. The van der Waals surface area contributed by atoms with Crippen LogP contribution in [-0.2, 0) is 18.3 Å². The van der Waals surface area contributed by atoms with Crippen molar-refractivity contribution in [1.82, 2.24) is 9.63 Å². The van der Waals surface area contributed by atoms with Crippen molar-refractivity contribution in [3.05, 3.63) is 53.6 Å². The molecular formula is C15H14F6N3O5P. The fourth-order valence-electron chi connectivity index (χ4n) is 2.32. The van der Waals surface area contributed by atoms with Crippen molar-refractivity contribution in [3.63, 3.8) is 0 Å². The predicted molar refractivity (Wildman–Crippen MR) is 88.2 cm³/mol. The van der Waals surface area contributed by atoms with Gasteiger partial charge in [0.15, 0.2) is 0 Å². The summed E-state index contributed by atoms with van der Waals surface area (Å²) in [6, 6.07) is 3.97. The summed E-state index contributed by atoms with van der Waals surface area (Å²) < 4.78 is 68.1. The van der Waals surface area contributed by atoms with E-state index < -0.39 is 25.6 Å². The van der Waals surface area contributed by atoms with Gasteiger partial charge in [-0.2, -0.15) is 0 Å². The number of carbonyl (C=O) groups excluding carboxylic acids is 3. The van der Waals surface area contributed by atoms with Crippen molar-refractivity contribution in [2.45, 2.75) is 6.54 Å². The Morgan fingerprint density at radius 1 is 1.10 bits per heavy atom. The fraction of sp³-hybridized carbons (Fsp3) is 0.200. The first-order valence-corrected chi connectivity index (χ1v) is 9.91. The molecule has 2 aromatic rings. The van der Waals surface area contributed by atoms with Gasteiger partial charge in [0.05, 0.1) is 23.7 Å². The van der Waals surface area contributed by atoms with Gasteiger partial charge in [0, 0.05) is 0 Å². The van der Waals surface area contributed by atoms with Gasteiger partial charge in [0.1, 0.15) is 25.5 Å². The fourth-order valence-corrected chi connectivity index (χ4v) is 2.32. The van der Waals surface area contributed by atoms with Crippen LogP contribution in [0.15, 0.2) is 36.9 Å². The van der Waals surface area contributed by atoms with Gasteiger partial charge in [-0.15, -0.1) is 5.06 Å². The van der Waals surface area contributed by atoms with Crippen LogP contribution in [0.5, 0.6) is 0 Å². The molecule has 1 aromatic heterocycles. The number of hydrogen-bond donors (Lipinski definition) is 1. The minimum absolute atomic E-state index is 0.00983. The van der Waals surface area contributed by atoms with Crippen molar-refractivity contribution in [1.29, 1.82) is 0 Å². The molecule has 15 heteroatoms. The Balaban J connectivity index is 0.000000396. The molecule has 0 spiro atoms. The van der Waals surface area contributed by atoms with E-state index >= 15 is 0 Å². The summed E-state index contributed by atoms with van der Waals surface area (Å²) in [5.74, 6) is -2.24. The molecule has 0 aliphatic carbocycles. The zero-order chi connectivity index (χ0) is 23.0. The number of hydroxylamine groups is 2. The van der Waals surface area contributed by atoms with Crippen LogP contribution in [0.3, 0.4) is 0 Å². The molecule has 8 nitrogen and oxygen atoms in total. The summed E-state index contributed by atoms with van der Waals surface area (Å²) in [5.41, 5.74) is 0.205. The van der Waals surface area contributed by atoms with Crippen LogP contribution < -0.4 is 4.57 Å². The number of fused-ring (bicyclic) bond motifs is 1. The number of esters is 1. The number of imidazole rings is 1. The molecule has 3 rings (SSSR count). The summed E-state index contributed by atoms with van der Waals surface area (Å²) in [5, 5.41) is 9.33. The third-order valence-electron chi connectivity index (χ3n) is 3.51. The standard InChI is InChI=1S/C15H14N3O5.F6P/c1-16-4-5-17(9-16)6-7-23-15(21)10-2-3-11-12(8-10)14(20)18(22)13(11)19;1-7(2,3,4,5)6/h2-5,8-9,22H,6-7H2,1H3;/q+1;-1. The molecule has 2 heterocycles. The van der Waals surface area contributed by atoms with Crippen molar-refractivity contribution in [2.75, 3.05) is 6.61 Å². The van der Waals surface area contributed by atoms with Gasteiger partial charge < -0.3 is 4.74 Å².